The molecule has 0 spiro atoms. The van der Waals surface area contributed by atoms with Crippen molar-refractivity contribution in [2.45, 2.75) is 20.0 Å². The van der Waals surface area contributed by atoms with Gasteiger partial charge in [-0.1, -0.05) is 41.4 Å². The van der Waals surface area contributed by atoms with Gasteiger partial charge in [-0.2, -0.15) is 5.26 Å². The SMILES string of the molecule is CC(C)Oc1cc(-c2cccc(Cl)c2Cl)ccc1C#N. The molecule has 0 amide bonds. The highest BCUT2D eigenvalue weighted by Crippen LogP contribution is 2.35. The highest BCUT2D eigenvalue weighted by Gasteiger charge is 2.11. The van der Waals surface area contributed by atoms with Crippen LogP contribution >= 0.6 is 23.2 Å². The summed E-state index contributed by atoms with van der Waals surface area (Å²) >= 11 is 12.3. The fourth-order valence-electron chi connectivity index (χ4n) is 1.86. The van der Waals surface area contributed by atoms with Gasteiger partial charge in [0.05, 0.1) is 21.7 Å². The first kappa shape index (κ1) is 14.7. The molecule has 0 saturated heterocycles. The molecular weight excluding hydrogens is 293 g/mol. The Balaban J connectivity index is 2.53. The third-order valence-electron chi connectivity index (χ3n) is 2.73. The van der Waals surface area contributed by atoms with E-state index >= 15 is 0 Å². The Hall–Kier alpha value is -1.69. The van der Waals surface area contributed by atoms with Gasteiger partial charge in [-0.25, -0.2) is 0 Å². The normalized spacial score (nSPS) is 10.4. The Morgan fingerprint density at radius 3 is 2.55 bits per heavy atom. The number of hydrogen-bond donors (Lipinski definition) is 0. The highest BCUT2D eigenvalue weighted by atomic mass is 35.5. The second-order valence-electron chi connectivity index (χ2n) is 4.59. The summed E-state index contributed by atoms with van der Waals surface area (Å²) in [7, 11) is 0. The van der Waals surface area contributed by atoms with E-state index < -0.39 is 0 Å². The van der Waals surface area contributed by atoms with Gasteiger partial charge < -0.3 is 4.74 Å². The number of hydrogen-bond acceptors (Lipinski definition) is 2. The Kier molecular flexibility index (Phi) is 4.54. The molecule has 2 aromatic carbocycles. The summed E-state index contributed by atoms with van der Waals surface area (Å²) in [6.07, 6.45) is -0.00724. The lowest BCUT2D eigenvalue weighted by molar-refractivity contribution is 0.242. The van der Waals surface area contributed by atoms with Gasteiger partial charge in [0, 0.05) is 5.56 Å². The molecule has 0 aromatic heterocycles. The first-order valence-electron chi connectivity index (χ1n) is 6.18. The molecule has 2 aromatic rings. The molecule has 20 heavy (non-hydrogen) atoms. The molecule has 2 nitrogen and oxygen atoms in total. The maximum Gasteiger partial charge on any atom is 0.138 e. The zero-order valence-corrected chi connectivity index (χ0v) is 12.7. The molecule has 0 fully saturated rings. The van der Waals surface area contributed by atoms with E-state index in [1.54, 1.807) is 12.1 Å². The quantitative estimate of drug-likeness (QED) is 0.769. The standard InChI is InChI=1S/C16H13Cl2NO/c1-10(2)20-15-8-11(6-7-12(15)9-19)13-4-3-5-14(17)16(13)18/h3-8,10H,1-2H3. The molecule has 102 valence electrons. The third kappa shape index (κ3) is 3.07. The van der Waals surface area contributed by atoms with Crippen molar-refractivity contribution >= 4 is 23.2 Å². The summed E-state index contributed by atoms with van der Waals surface area (Å²) in [6.45, 7) is 3.83. The lowest BCUT2D eigenvalue weighted by Crippen LogP contribution is -2.06. The topological polar surface area (TPSA) is 33.0 Å². The van der Waals surface area contributed by atoms with Gasteiger partial charge in [-0.15, -0.1) is 0 Å². The zero-order valence-electron chi connectivity index (χ0n) is 11.2. The predicted molar refractivity (Wildman–Crippen MR) is 82.4 cm³/mol. The van der Waals surface area contributed by atoms with E-state index in [2.05, 4.69) is 6.07 Å². The van der Waals surface area contributed by atoms with Gasteiger partial charge >= 0.3 is 0 Å². The largest absolute Gasteiger partial charge is 0.490 e. The average molecular weight is 306 g/mol. The molecule has 0 N–H and O–H groups in total. The Morgan fingerprint density at radius 1 is 1.15 bits per heavy atom. The van der Waals surface area contributed by atoms with Crippen LogP contribution in [0.3, 0.4) is 0 Å². The molecule has 4 heteroatoms. The summed E-state index contributed by atoms with van der Waals surface area (Å²) in [5, 5.41) is 10.1. The van der Waals surface area contributed by atoms with Crippen LogP contribution in [0.25, 0.3) is 11.1 Å². The van der Waals surface area contributed by atoms with Crippen LogP contribution in [0, 0.1) is 11.3 Å². The van der Waals surface area contributed by atoms with Crippen molar-refractivity contribution in [2.75, 3.05) is 0 Å². The molecule has 0 radical (unpaired) electrons. The summed E-state index contributed by atoms with van der Waals surface area (Å²) in [4.78, 5) is 0. The summed E-state index contributed by atoms with van der Waals surface area (Å²) in [5.74, 6) is 0.552. The number of ether oxygens (including phenoxy) is 1. The number of nitrogens with zero attached hydrogens (tertiary/aromatic N) is 1. The molecule has 0 atom stereocenters. The van der Waals surface area contributed by atoms with E-state index in [1.807, 2.05) is 38.1 Å². The number of benzene rings is 2. The second kappa shape index (κ2) is 6.17. The third-order valence-corrected chi connectivity index (χ3v) is 3.55. The Bertz CT molecular complexity index is 675. The molecule has 0 saturated carbocycles. The van der Waals surface area contributed by atoms with Crippen molar-refractivity contribution in [3.63, 3.8) is 0 Å². The van der Waals surface area contributed by atoms with Crippen LogP contribution < -0.4 is 4.74 Å². The van der Waals surface area contributed by atoms with E-state index in [0.717, 1.165) is 11.1 Å². The van der Waals surface area contributed by atoms with Crippen molar-refractivity contribution in [1.82, 2.24) is 0 Å². The van der Waals surface area contributed by atoms with Crippen molar-refractivity contribution in [1.29, 1.82) is 5.26 Å². The zero-order chi connectivity index (χ0) is 14.7. The van der Waals surface area contributed by atoms with Crippen LogP contribution in [-0.2, 0) is 0 Å². The van der Waals surface area contributed by atoms with Crippen LogP contribution in [0.15, 0.2) is 36.4 Å². The van der Waals surface area contributed by atoms with Crippen molar-refractivity contribution in [3.05, 3.63) is 52.0 Å². The molecular formula is C16H13Cl2NO. The van der Waals surface area contributed by atoms with Crippen LogP contribution in [0.1, 0.15) is 19.4 Å². The molecule has 0 aliphatic heterocycles. The summed E-state index contributed by atoms with van der Waals surface area (Å²) in [6, 6.07) is 13.0. The molecule has 0 unspecified atom stereocenters. The molecule has 0 aliphatic rings. The maximum absolute atomic E-state index is 9.11. The minimum atomic E-state index is -0.00724. The Morgan fingerprint density at radius 2 is 1.90 bits per heavy atom. The van der Waals surface area contributed by atoms with Gasteiger partial charge in [-0.3, -0.25) is 0 Å². The number of halogens is 2. The van der Waals surface area contributed by atoms with Gasteiger partial charge in [-0.05, 0) is 37.6 Å². The summed E-state index contributed by atoms with van der Waals surface area (Å²) in [5.41, 5.74) is 2.19. The monoisotopic (exact) mass is 305 g/mol. The summed E-state index contributed by atoms with van der Waals surface area (Å²) < 4.78 is 5.67. The fraction of sp³-hybridized carbons (Fsp3) is 0.188. The first-order chi connectivity index (χ1) is 9.52. The average Bonchev–Trinajstić information content (AvgIpc) is 2.41. The van der Waals surface area contributed by atoms with E-state index in [9.17, 15) is 0 Å². The molecule has 0 heterocycles. The van der Waals surface area contributed by atoms with Gasteiger partial charge in [0.25, 0.3) is 0 Å². The lowest BCUT2D eigenvalue weighted by atomic mass is 10.0. The van der Waals surface area contributed by atoms with E-state index in [-0.39, 0.29) is 6.10 Å². The van der Waals surface area contributed by atoms with Crippen molar-refractivity contribution in [3.8, 4) is 22.9 Å². The highest BCUT2D eigenvalue weighted by molar-refractivity contribution is 6.43. The van der Waals surface area contributed by atoms with Gasteiger partial charge in [0.15, 0.2) is 0 Å². The van der Waals surface area contributed by atoms with E-state index in [4.69, 9.17) is 33.2 Å². The fourth-order valence-corrected chi connectivity index (χ4v) is 2.27. The maximum atomic E-state index is 9.11. The van der Waals surface area contributed by atoms with Crippen LogP contribution in [-0.4, -0.2) is 6.10 Å². The second-order valence-corrected chi connectivity index (χ2v) is 5.38. The van der Waals surface area contributed by atoms with Gasteiger partial charge in [0.2, 0.25) is 0 Å². The van der Waals surface area contributed by atoms with E-state index in [1.165, 1.54) is 0 Å². The number of nitriles is 1. The van der Waals surface area contributed by atoms with Crippen molar-refractivity contribution < 1.29 is 4.74 Å². The van der Waals surface area contributed by atoms with Gasteiger partial charge in [0.1, 0.15) is 11.8 Å². The van der Waals surface area contributed by atoms with Crippen LogP contribution in [0.2, 0.25) is 10.0 Å². The first-order valence-corrected chi connectivity index (χ1v) is 6.93. The number of rotatable bonds is 3. The lowest BCUT2D eigenvalue weighted by Gasteiger charge is -2.13. The predicted octanol–water partition coefficient (Wildman–Crippen LogP) is 5.32. The minimum Gasteiger partial charge on any atom is -0.490 e. The van der Waals surface area contributed by atoms with Crippen LogP contribution in [0.5, 0.6) is 5.75 Å². The van der Waals surface area contributed by atoms with Crippen LogP contribution in [0.4, 0.5) is 0 Å². The molecule has 2 rings (SSSR count). The minimum absolute atomic E-state index is 0.00724. The Labute approximate surface area is 128 Å². The molecule has 0 aliphatic carbocycles. The molecule has 0 bridgehead atoms. The smallest absolute Gasteiger partial charge is 0.138 e. The van der Waals surface area contributed by atoms with Crippen molar-refractivity contribution in [2.24, 2.45) is 0 Å². The van der Waals surface area contributed by atoms with E-state index in [0.29, 0.717) is 21.4 Å².